The van der Waals surface area contributed by atoms with Gasteiger partial charge in [0.05, 0.1) is 24.8 Å². The van der Waals surface area contributed by atoms with Crippen molar-refractivity contribution < 1.29 is 19.1 Å². The number of piperazine rings is 1. The van der Waals surface area contributed by atoms with Crippen LogP contribution in [0, 0.1) is 0 Å². The summed E-state index contributed by atoms with van der Waals surface area (Å²) in [7, 11) is 3.66. The van der Waals surface area contributed by atoms with E-state index < -0.39 is 11.5 Å². The highest BCUT2D eigenvalue weighted by Gasteiger charge is 2.55. The van der Waals surface area contributed by atoms with Crippen molar-refractivity contribution in [2.45, 2.75) is 31.2 Å². The number of benzene rings is 2. The van der Waals surface area contributed by atoms with E-state index in [0.29, 0.717) is 36.8 Å². The second kappa shape index (κ2) is 8.26. The SMILES string of the molecule is COc1ccc(CN2C(=O)C3(CCC3)c3cc(N)cc(OC(=O)N4CCN(C)CC4)c32)cc1. The number of carbonyl (C=O) groups excluding carboxylic acids is 2. The number of ether oxygens (including phenoxy) is 2. The number of nitrogen functional groups attached to an aromatic ring is 1. The highest BCUT2D eigenvalue weighted by atomic mass is 16.6. The summed E-state index contributed by atoms with van der Waals surface area (Å²) < 4.78 is 11.2. The molecule has 0 atom stereocenters. The van der Waals surface area contributed by atoms with Gasteiger partial charge in [0.1, 0.15) is 5.75 Å². The Balaban J connectivity index is 1.49. The van der Waals surface area contributed by atoms with Crippen LogP contribution in [0.4, 0.5) is 16.2 Å². The summed E-state index contributed by atoms with van der Waals surface area (Å²) in [5.74, 6) is 1.18. The second-order valence-electron chi connectivity index (χ2n) is 9.25. The third kappa shape index (κ3) is 3.68. The molecule has 33 heavy (non-hydrogen) atoms. The van der Waals surface area contributed by atoms with Gasteiger partial charge in [0.15, 0.2) is 5.75 Å². The molecule has 2 heterocycles. The lowest BCUT2D eigenvalue weighted by molar-refractivity contribution is -0.126. The van der Waals surface area contributed by atoms with Crippen LogP contribution in [0.15, 0.2) is 36.4 Å². The van der Waals surface area contributed by atoms with Crippen LogP contribution >= 0.6 is 0 Å². The van der Waals surface area contributed by atoms with E-state index in [9.17, 15) is 9.59 Å². The minimum atomic E-state index is -0.563. The Morgan fingerprint density at radius 1 is 1.09 bits per heavy atom. The molecule has 0 bridgehead atoms. The molecule has 174 valence electrons. The van der Waals surface area contributed by atoms with Gasteiger partial charge in [-0.1, -0.05) is 18.6 Å². The first kappa shape index (κ1) is 21.6. The molecule has 2 aromatic carbocycles. The van der Waals surface area contributed by atoms with Crippen molar-refractivity contribution in [3.63, 3.8) is 0 Å². The predicted octanol–water partition coefficient (Wildman–Crippen LogP) is 2.99. The number of methoxy groups -OCH3 is 1. The van der Waals surface area contributed by atoms with Gasteiger partial charge >= 0.3 is 6.09 Å². The van der Waals surface area contributed by atoms with Gasteiger partial charge in [-0.15, -0.1) is 0 Å². The molecular weight excluding hydrogens is 420 g/mol. The molecule has 1 spiro atoms. The van der Waals surface area contributed by atoms with Gasteiger partial charge in [-0.25, -0.2) is 4.79 Å². The summed E-state index contributed by atoms with van der Waals surface area (Å²) in [5, 5.41) is 0. The molecule has 2 aromatic rings. The number of carbonyl (C=O) groups is 2. The Morgan fingerprint density at radius 3 is 2.39 bits per heavy atom. The lowest BCUT2D eigenvalue weighted by atomic mass is 9.65. The maximum Gasteiger partial charge on any atom is 0.415 e. The highest BCUT2D eigenvalue weighted by molar-refractivity contribution is 6.10. The standard InChI is InChI=1S/C25H30N4O4/c1-27-10-12-28(13-11-27)24(31)33-21-15-18(26)14-20-22(21)29(23(30)25(20)8-3-9-25)16-17-4-6-19(32-2)7-5-17/h4-7,14-15H,3,8-13,16,26H2,1-2H3. The maximum absolute atomic E-state index is 13.7. The smallest absolute Gasteiger partial charge is 0.415 e. The van der Waals surface area contributed by atoms with Crippen molar-refractivity contribution in [1.82, 2.24) is 9.80 Å². The lowest BCUT2D eigenvalue weighted by Gasteiger charge is -2.37. The minimum Gasteiger partial charge on any atom is -0.497 e. The van der Waals surface area contributed by atoms with E-state index in [0.717, 1.165) is 49.2 Å². The fraction of sp³-hybridized carbons (Fsp3) is 0.440. The van der Waals surface area contributed by atoms with Gasteiger partial charge in [0, 0.05) is 37.9 Å². The first-order chi connectivity index (χ1) is 15.9. The second-order valence-corrected chi connectivity index (χ2v) is 9.25. The first-order valence-corrected chi connectivity index (χ1v) is 11.5. The lowest BCUT2D eigenvalue weighted by Crippen LogP contribution is -2.48. The van der Waals surface area contributed by atoms with Crippen molar-refractivity contribution in [2.24, 2.45) is 0 Å². The van der Waals surface area contributed by atoms with Crippen LogP contribution in [0.5, 0.6) is 11.5 Å². The monoisotopic (exact) mass is 450 g/mol. The molecule has 2 fully saturated rings. The predicted molar refractivity (Wildman–Crippen MR) is 126 cm³/mol. The Morgan fingerprint density at radius 2 is 1.79 bits per heavy atom. The molecule has 5 rings (SSSR count). The van der Waals surface area contributed by atoms with Gasteiger partial charge in [-0.2, -0.15) is 0 Å². The van der Waals surface area contributed by atoms with E-state index in [4.69, 9.17) is 15.2 Å². The molecule has 8 heteroatoms. The number of likely N-dealkylation sites (N-methyl/N-ethyl adjacent to an activating group) is 1. The minimum absolute atomic E-state index is 0.0575. The summed E-state index contributed by atoms with van der Waals surface area (Å²) in [6, 6.07) is 11.2. The van der Waals surface area contributed by atoms with E-state index in [1.54, 1.807) is 23.0 Å². The Hall–Kier alpha value is -3.26. The zero-order valence-corrected chi connectivity index (χ0v) is 19.2. The summed E-state index contributed by atoms with van der Waals surface area (Å²) in [6.45, 7) is 3.21. The van der Waals surface area contributed by atoms with E-state index in [1.807, 2.05) is 37.4 Å². The van der Waals surface area contributed by atoms with Crippen LogP contribution < -0.4 is 20.1 Å². The van der Waals surface area contributed by atoms with Crippen LogP contribution in [0.1, 0.15) is 30.4 Å². The number of amides is 2. The fourth-order valence-corrected chi connectivity index (χ4v) is 5.05. The van der Waals surface area contributed by atoms with Crippen LogP contribution in [0.2, 0.25) is 0 Å². The molecule has 1 aliphatic carbocycles. The van der Waals surface area contributed by atoms with E-state index in [-0.39, 0.29) is 5.91 Å². The Kier molecular flexibility index (Phi) is 5.40. The maximum atomic E-state index is 13.7. The number of rotatable bonds is 4. The average Bonchev–Trinajstić information content (AvgIpc) is 3.02. The highest BCUT2D eigenvalue weighted by Crippen LogP contribution is 2.57. The van der Waals surface area contributed by atoms with Crippen LogP contribution in [0.3, 0.4) is 0 Å². The number of nitrogens with zero attached hydrogens (tertiary/aromatic N) is 3. The number of hydrogen-bond donors (Lipinski definition) is 1. The topological polar surface area (TPSA) is 88.3 Å². The van der Waals surface area contributed by atoms with Gasteiger partial charge in [-0.3, -0.25) is 4.79 Å². The summed E-state index contributed by atoms with van der Waals surface area (Å²) in [6.07, 6.45) is 2.16. The molecule has 0 unspecified atom stereocenters. The summed E-state index contributed by atoms with van der Waals surface area (Å²) in [5.41, 5.74) is 8.69. The van der Waals surface area contributed by atoms with Crippen LogP contribution in [0.25, 0.3) is 0 Å². The number of hydrogen-bond acceptors (Lipinski definition) is 6. The first-order valence-electron chi connectivity index (χ1n) is 11.5. The molecule has 8 nitrogen and oxygen atoms in total. The van der Waals surface area contributed by atoms with Crippen molar-refractivity contribution >= 4 is 23.4 Å². The largest absolute Gasteiger partial charge is 0.497 e. The molecule has 1 saturated carbocycles. The molecule has 2 aliphatic heterocycles. The normalized spacial score (nSPS) is 19.4. The molecule has 0 aromatic heterocycles. The zero-order valence-electron chi connectivity index (χ0n) is 19.2. The molecular formula is C25H30N4O4. The van der Waals surface area contributed by atoms with Crippen molar-refractivity contribution in [1.29, 1.82) is 0 Å². The van der Waals surface area contributed by atoms with Crippen molar-refractivity contribution in [3.8, 4) is 11.5 Å². The summed E-state index contributed by atoms with van der Waals surface area (Å²) in [4.78, 5) is 32.3. The van der Waals surface area contributed by atoms with Gasteiger partial charge in [0.2, 0.25) is 5.91 Å². The summed E-state index contributed by atoms with van der Waals surface area (Å²) >= 11 is 0. The molecule has 2 N–H and O–H groups in total. The quantitative estimate of drug-likeness (QED) is 0.721. The van der Waals surface area contributed by atoms with Crippen LogP contribution in [-0.2, 0) is 16.8 Å². The van der Waals surface area contributed by atoms with Crippen molar-refractivity contribution in [2.75, 3.05) is 51.0 Å². The molecule has 1 saturated heterocycles. The molecule has 3 aliphatic rings. The van der Waals surface area contributed by atoms with E-state index >= 15 is 0 Å². The average molecular weight is 451 g/mol. The molecule has 2 amide bonds. The van der Waals surface area contributed by atoms with Gasteiger partial charge in [-0.05, 0) is 49.2 Å². The van der Waals surface area contributed by atoms with E-state index in [2.05, 4.69) is 4.90 Å². The zero-order chi connectivity index (χ0) is 23.2. The van der Waals surface area contributed by atoms with Gasteiger partial charge < -0.3 is 29.9 Å². The number of anilines is 2. The Bertz CT molecular complexity index is 1070. The number of nitrogens with two attached hydrogens (primary N) is 1. The van der Waals surface area contributed by atoms with Crippen LogP contribution in [-0.4, -0.2) is 62.1 Å². The molecule has 0 radical (unpaired) electrons. The van der Waals surface area contributed by atoms with Gasteiger partial charge in [0.25, 0.3) is 0 Å². The Labute approximate surface area is 193 Å². The third-order valence-electron chi connectivity index (χ3n) is 7.20. The van der Waals surface area contributed by atoms with Crippen molar-refractivity contribution in [3.05, 3.63) is 47.5 Å². The fourth-order valence-electron chi connectivity index (χ4n) is 5.05. The number of fused-ring (bicyclic) bond motifs is 2. The van der Waals surface area contributed by atoms with E-state index in [1.165, 1.54) is 0 Å². The third-order valence-corrected chi connectivity index (χ3v) is 7.20.